The molecule has 0 amide bonds. The van der Waals surface area contributed by atoms with Gasteiger partial charge in [-0.3, -0.25) is 4.99 Å². The average molecular weight is 356 g/mol. The number of rotatable bonds is 3. The smallest absolute Gasteiger partial charge is 0.227 e. The normalized spacial score (nSPS) is 12.3. The van der Waals surface area contributed by atoms with E-state index >= 15 is 0 Å². The highest BCUT2D eigenvalue weighted by atomic mass is 15.1. The summed E-state index contributed by atoms with van der Waals surface area (Å²) in [5.41, 5.74) is 5.53. The van der Waals surface area contributed by atoms with E-state index in [0.29, 0.717) is 12.5 Å². The van der Waals surface area contributed by atoms with Gasteiger partial charge in [0.1, 0.15) is 11.5 Å². The van der Waals surface area contributed by atoms with Gasteiger partial charge in [0.05, 0.1) is 24.3 Å². The third kappa shape index (κ3) is 2.77. The minimum absolute atomic E-state index is 0.536. The second-order valence-corrected chi connectivity index (χ2v) is 6.27. The summed E-state index contributed by atoms with van der Waals surface area (Å²) in [6.45, 7) is 0.545. The summed E-state index contributed by atoms with van der Waals surface area (Å²) in [6, 6.07) is 7.95. The minimum Gasteiger partial charge on any atom is -0.345 e. The molecule has 0 unspecified atom stereocenters. The van der Waals surface area contributed by atoms with Crippen LogP contribution in [0.5, 0.6) is 0 Å². The van der Waals surface area contributed by atoms with Gasteiger partial charge in [0.15, 0.2) is 0 Å². The zero-order chi connectivity index (χ0) is 18.2. The van der Waals surface area contributed by atoms with Gasteiger partial charge in [0.25, 0.3) is 0 Å². The number of benzene rings is 1. The fraction of sp³-hybridized carbons (Fsp3) is 0.105. The van der Waals surface area contributed by atoms with Crippen LogP contribution in [0.4, 0.5) is 11.6 Å². The summed E-state index contributed by atoms with van der Waals surface area (Å²) in [7, 11) is 1.96. The Morgan fingerprint density at radius 2 is 2.00 bits per heavy atom. The fourth-order valence-electron chi connectivity index (χ4n) is 3.11. The average Bonchev–Trinajstić information content (AvgIpc) is 3.30. The number of aromatic nitrogens is 6. The van der Waals surface area contributed by atoms with Crippen molar-refractivity contribution in [2.45, 2.75) is 6.54 Å². The van der Waals surface area contributed by atoms with Gasteiger partial charge in [0, 0.05) is 48.7 Å². The number of imidazole rings is 2. The Bertz CT molecular complexity index is 1120. The first-order chi connectivity index (χ1) is 13.3. The van der Waals surface area contributed by atoms with E-state index in [1.165, 1.54) is 0 Å². The summed E-state index contributed by atoms with van der Waals surface area (Å²) in [4.78, 5) is 25.3. The molecule has 132 valence electrons. The van der Waals surface area contributed by atoms with Gasteiger partial charge < -0.3 is 14.9 Å². The van der Waals surface area contributed by atoms with Gasteiger partial charge >= 0.3 is 0 Å². The number of aryl methyl sites for hydroxylation is 1. The molecule has 5 rings (SSSR count). The molecule has 1 aliphatic rings. The van der Waals surface area contributed by atoms with Crippen molar-refractivity contribution < 1.29 is 0 Å². The van der Waals surface area contributed by atoms with E-state index < -0.39 is 0 Å². The van der Waals surface area contributed by atoms with Crippen LogP contribution in [0.3, 0.4) is 0 Å². The molecule has 0 bridgehead atoms. The molecule has 0 aliphatic carbocycles. The highest BCUT2D eigenvalue weighted by molar-refractivity contribution is 5.88. The van der Waals surface area contributed by atoms with Crippen molar-refractivity contribution in [1.29, 1.82) is 0 Å². The van der Waals surface area contributed by atoms with Gasteiger partial charge in [-0.1, -0.05) is 0 Å². The number of hydrogen-bond donors (Lipinski definition) is 2. The standard InChI is InChI=1S/C19H16N8/c1-27-11-24-15-10-20-8-13-9-23-19(26-16(13)17(15)27)25-14-4-2-12(3-5-14)18-21-6-7-22-18/h2-7,9-11H,8H2,1H3,(H,21,22)(H,23,25,26). The molecular weight excluding hydrogens is 340 g/mol. The van der Waals surface area contributed by atoms with Crippen molar-refractivity contribution in [3.05, 3.63) is 60.4 Å². The molecule has 1 aliphatic heterocycles. The first kappa shape index (κ1) is 15.4. The molecule has 0 atom stereocenters. The Morgan fingerprint density at radius 1 is 1.11 bits per heavy atom. The number of fused-ring (bicyclic) bond motifs is 3. The molecule has 0 saturated carbocycles. The molecule has 27 heavy (non-hydrogen) atoms. The van der Waals surface area contributed by atoms with Gasteiger partial charge in [0.2, 0.25) is 5.95 Å². The Kier molecular flexibility index (Phi) is 3.53. The van der Waals surface area contributed by atoms with Crippen LogP contribution >= 0.6 is 0 Å². The second kappa shape index (κ2) is 6.17. The molecule has 2 N–H and O–H groups in total. The molecule has 0 fully saturated rings. The number of hydrogen-bond acceptors (Lipinski definition) is 6. The van der Waals surface area contributed by atoms with Crippen molar-refractivity contribution in [1.82, 2.24) is 29.5 Å². The summed E-state index contributed by atoms with van der Waals surface area (Å²) in [5.74, 6) is 1.38. The maximum absolute atomic E-state index is 4.73. The van der Waals surface area contributed by atoms with Crippen molar-refractivity contribution in [3.8, 4) is 22.8 Å². The largest absolute Gasteiger partial charge is 0.345 e. The molecule has 0 saturated heterocycles. The predicted octanol–water partition coefficient (Wildman–Crippen LogP) is 2.94. The third-order valence-corrected chi connectivity index (χ3v) is 4.44. The highest BCUT2D eigenvalue weighted by Crippen LogP contribution is 2.28. The van der Waals surface area contributed by atoms with Crippen LogP contribution in [0, 0.1) is 0 Å². The van der Waals surface area contributed by atoms with Crippen LogP contribution in [-0.4, -0.2) is 35.7 Å². The van der Waals surface area contributed by atoms with E-state index in [-0.39, 0.29) is 0 Å². The lowest BCUT2D eigenvalue weighted by Crippen LogP contribution is -2.03. The van der Waals surface area contributed by atoms with E-state index in [1.807, 2.05) is 42.1 Å². The topological polar surface area (TPSA) is 96.7 Å². The van der Waals surface area contributed by atoms with Crippen molar-refractivity contribution >= 4 is 17.9 Å². The monoisotopic (exact) mass is 356 g/mol. The van der Waals surface area contributed by atoms with Crippen LogP contribution in [0.2, 0.25) is 0 Å². The Hall–Kier alpha value is -3.81. The van der Waals surface area contributed by atoms with E-state index in [1.54, 1.807) is 24.9 Å². The molecule has 1 aromatic carbocycles. The number of aromatic amines is 1. The lowest BCUT2D eigenvalue weighted by Gasteiger charge is -2.10. The highest BCUT2D eigenvalue weighted by Gasteiger charge is 2.19. The predicted molar refractivity (Wildman–Crippen MR) is 103 cm³/mol. The number of H-pyrrole nitrogens is 1. The minimum atomic E-state index is 0.536. The number of aliphatic imine (C=N–C) groups is 1. The van der Waals surface area contributed by atoms with Gasteiger partial charge in [-0.15, -0.1) is 0 Å². The lowest BCUT2D eigenvalue weighted by atomic mass is 10.1. The maximum Gasteiger partial charge on any atom is 0.227 e. The van der Waals surface area contributed by atoms with Crippen LogP contribution in [0.25, 0.3) is 22.8 Å². The Balaban J connectivity index is 1.46. The van der Waals surface area contributed by atoms with Gasteiger partial charge in [-0.05, 0) is 24.3 Å². The van der Waals surface area contributed by atoms with E-state index in [4.69, 9.17) is 4.98 Å². The van der Waals surface area contributed by atoms with Crippen molar-refractivity contribution in [2.75, 3.05) is 5.32 Å². The summed E-state index contributed by atoms with van der Waals surface area (Å²) >= 11 is 0. The summed E-state index contributed by atoms with van der Waals surface area (Å²) in [6.07, 6.45) is 8.93. The van der Waals surface area contributed by atoms with Crippen LogP contribution < -0.4 is 5.32 Å². The van der Waals surface area contributed by atoms with Gasteiger partial charge in [-0.25, -0.2) is 19.9 Å². The molecular formula is C19H16N8. The van der Waals surface area contributed by atoms with Gasteiger partial charge in [-0.2, -0.15) is 0 Å². The molecule has 8 heteroatoms. The third-order valence-electron chi connectivity index (χ3n) is 4.44. The number of nitrogens with one attached hydrogen (secondary N) is 2. The SMILES string of the molecule is Cn1cnc2c1-c1nc(Nc3ccc(-c4ncc[nH]4)cc3)ncc1CN=C2. The van der Waals surface area contributed by atoms with Crippen LogP contribution in [-0.2, 0) is 13.6 Å². The molecule has 4 aromatic rings. The molecule has 0 radical (unpaired) electrons. The molecule has 3 aromatic heterocycles. The number of anilines is 2. The maximum atomic E-state index is 4.73. The summed E-state index contributed by atoms with van der Waals surface area (Å²) in [5, 5.41) is 3.27. The number of nitrogens with zero attached hydrogens (tertiary/aromatic N) is 6. The first-order valence-electron chi connectivity index (χ1n) is 8.52. The van der Waals surface area contributed by atoms with Crippen molar-refractivity contribution in [2.24, 2.45) is 12.0 Å². The lowest BCUT2D eigenvalue weighted by molar-refractivity contribution is 0.908. The van der Waals surface area contributed by atoms with Crippen LogP contribution in [0.1, 0.15) is 11.3 Å². The van der Waals surface area contributed by atoms with Crippen LogP contribution in [0.15, 0.2) is 54.2 Å². The van der Waals surface area contributed by atoms with E-state index in [0.717, 1.165) is 39.7 Å². The zero-order valence-corrected chi connectivity index (χ0v) is 14.6. The van der Waals surface area contributed by atoms with Crippen molar-refractivity contribution in [3.63, 3.8) is 0 Å². The summed E-state index contributed by atoms with van der Waals surface area (Å²) < 4.78 is 1.96. The van der Waals surface area contributed by atoms with E-state index in [2.05, 4.69) is 30.2 Å². The second-order valence-electron chi connectivity index (χ2n) is 6.27. The Labute approximate surface area is 155 Å². The Morgan fingerprint density at radius 3 is 2.81 bits per heavy atom. The molecule has 4 heterocycles. The quantitative estimate of drug-likeness (QED) is 0.588. The molecule has 8 nitrogen and oxygen atoms in total. The zero-order valence-electron chi connectivity index (χ0n) is 14.6. The first-order valence-corrected chi connectivity index (χ1v) is 8.52. The fourth-order valence-corrected chi connectivity index (χ4v) is 3.11. The molecule has 0 spiro atoms. The van der Waals surface area contributed by atoms with E-state index in [9.17, 15) is 0 Å².